The molecule has 2 aromatic carbocycles. The van der Waals surface area contributed by atoms with E-state index >= 15 is 0 Å². The minimum absolute atomic E-state index is 0.00409. The lowest BCUT2D eigenvalue weighted by Crippen LogP contribution is -2.52. The van der Waals surface area contributed by atoms with Crippen molar-refractivity contribution in [1.82, 2.24) is 4.90 Å². The van der Waals surface area contributed by atoms with Crippen molar-refractivity contribution in [3.05, 3.63) is 65.7 Å². The Morgan fingerprint density at radius 1 is 0.879 bits per heavy atom. The topological polar surface area (TPSA) is 30.9 Å². The molecule has 0 N–H and O–H groups in total. The predicted molar refractivity (Wildman–Crippen MR) is 131 cm³/mol. The van der Waals surface area contributed by atoms with Gasteiger partial charge in [-0.15, -0.1) is 0 Å². The van der Waals surface area contributed by atoms with Crippen LogP contribution in [0.4, 0.5) is 0 Å². The molecule has 1 heterocycles. The van der Waals surface area contributed by atoms with Gasteiger partial charge in [-0.1, -0.05) is 61.7 Å². The molecule has 2 aromatic rings. The molecule has 5 rings (SSSR count). The number of hydrogen-bond acceptors (Lipinski definition) is 4. The molecule has 0 amide bonds. The molecule has 0 bridgehead atoms. The maximum absolute atomic E-state index is 6.22. The Balaban J connectivity index is 1.36. The van der Waals surface area contributed by atoms with Crippen molar-refractivity contribution in [3.63, 3.8) is 0 Å². The lowest BCUT2D eigenvalue weighted by atomic mass is 9.72. The highest BCUT2D eigenvalue weighted by atomic mass is 16.7. The molecular formula is C29H39NO3. The van der Waals surface area contributed by atoms with Gasteiger partial charge in [-0.05, 0) is 61.9 Å². The molecule has 2 aliphatic carbocycles. The number of hydrogen-bond donors (Lipinski definition) is 0. The smallest absolute Gasteiger partial charge is 0.168 e. The fraction of sp³-hybridized carbons (Fsp3) is 0.586. The second-order valence-corrected chi connectivity index (χ2v) is 10.3. The van der Waals surface area contributed by atoms with Gasteiger partial charge in [0.05, 0.1) is 13.2 Å². The summed E-state index contributed by atoms with van der Waals surface area (Å²) >= 11 is 0. The molecule has 0 unspecified atom stereocenters. The van der Waals surface area contributed by atoms with Crippen molar-refractivity contribution < 1.29 is 14.2 Å². The summed E-state index contributed by atoms with van der Waals surface area (Å²) < 4.78 is 18.4. The normalized spacial score (nSPS) is 22.6. The summed E-state index contributed by atoms with van der Waals surface area (Å²) in [5.41, 5.74) is 2.57. The fourth-order valence-electron chi connectivity index (χ4n) is 6.27. The van der Waals surface area contributed by atoms with Gasteiger partial charge in [0.1, 0.15) is 12.4 Å². The van der Waals surface area contributed by atoms with Gasteiger partial charge in [-0.25, -0.2) is 0 Å². The zero-order valence-electron chi connectivity index (χ0n) is 20.1. The molecule has 1 spiro atoms. The van der Waals surface area contributed by atoms with Gasteiger partial charge >= 0.3 is 0 Å². The third kappa shape index (κ3) is 5.13. The average Bonchev–Trinajstić information content (AvgIpc) is 3.33. The van der Waals surface area contributed by atoms with Crippen LogP contribution in [0.25, 0.3) is 0 Å². The predicted octanol–water partition coefficient (Wildman–Crippen LogP) is 6.29. The van der Waals surface area contributed by atoms with Crippen molar-refractivity contribution >= 4 is 0 Å². The van der Waals surface area contributed by atoms with Crippen LogP contribution in [0.15, 0.2) is 54.6 Å². The Kier molecular flexibility index (Phi) is 7.05. The van der Waals surface area contributed by atoms with Crippen molar-refractivity contribution in [2.24, 2.45) is 5.92 Å². The molecule has 4 nitrogen and oxygen atoms in total. The van der Waals surface area contributed by atoms with Crippen LogP contribution >= 0.6 is 0 Å². The third-order valence-corrected chi connectivity index (χ3v) is 8.26. The van der Waals surface area contributed by atoms with E-state index in [-0.39, 0.29) is 11.3 Å². The second kappa shape index (κ2) is 10.2. The highest BCUT2D eigenvalue weighted by Crippen LogP contribution is 2.49. The highest BCUT2D eigenvalue weighted by molar-refractivity contribution is 5.34. The van der Waals surface area contributed by atoms with Crippen LogP contribution in [-0.2, 0) is 21.6 Å². The van der Waals surface area contributed by atoms with Crippen LogP contribution in [0, 0.1) is 5.92 Å². The first-order chi connectivity index (χ1) is 16.2. The largest absolute Gasteiger partial charge is 0.489 e. The average molecular weight is 450 g/mol. The van der Waals surface area contributed by atoms with Crippen molar-refractivity contribution in [2.45, 2.75) is 75.7 Å². The lowest BCUT2D eigenvalue weighted by molar-refractivity contribution is -0.195. The van der Waals surface area contributed by atoms with E-state index in [0.717, 1.165) is 50.6 Å². The third-order valence-electron chi connectivity index (χ3n) is 8.26. The zero-order chi connectivity index (χ0) is 22.6. The van der Waals surface area contributed by atoms with E-state index in [2.05, 4.69) is 60.5 Å². The van der Waals surface area contributed by atoms with Gasteiger partial charge in [-0.2, -0.15) is 0 Å². The van der Waals surface area contributed by atoms with Crippen molar-refractivity contribution in [3.8, 4) is 5.75 Å². The number of ether oxygens (including phenoxy) is 3. The molecule has 1 saturated heterocycles. The van der Waals surface area contributed by atoms with Gasteiger partial charge in [0.15, 0.2) is 5.79 Å². The molecule has 3 aliphatic rings. The Bertz CT molecular complexity index is 877. The second-order valence-electron chi connectivity index (χ2n) is 10.3. The van der Waals surface area contributed by atoms with E-state index in [1.54, 1.807) is 0 Å². The molecule has 3 fully saturated rings. The SMILES string of the molecule is CN(CC1CCCCC1)C1(c2cccc(OCc3ccccc3)c2)CCC2(CC1)OCCO2. The maximum atomic E-state index is 6.22. The summed E-state index contributed by atoms with van der Waals surface area (Å²) in [6.07, 6.45) is 10.9. The quantitative estimate of drug-likeness (QED) is 0.497. The molecule has 33 heavy (non-hydrogen) atoms. The minimum Gasteiger partial charge on any atom is -0.489 e. The lowest BCUT2D eigenvalue weighted by Gasteiger charge is -2.50. The number of benzene rings is 2. The van der Waals surface area contributed by atoms with E-state index in [0.29, 0.717) is 6.61 Å². The van der Waals surface area contributed by atoms with Crippen LogP contribution in [-0.4, -0.2) is 37.5 Å². The summed E-state index contributed by atoms with van der Waals surface area (Å²) in [6.45, 7) is 3.23. The fourth-order valence-corrected chi connectivity index (χ4v) is 6.27. The van der Waals surface area contributed by atoms with Crippen LogP contribution in [0.2, 0.25) is 0 Å². The van der Waals surface area contributed by atoms with E-state index in [4.69, 9.17) is 14.2 Å². The molecule has 4 heteroatoms. The number of nitrogens with zero attached hydrogens (tertiary/aromatic N) is 1. The van der Waals surface area contributed by atoms with E-state index < -0.39 is 0 Å². The Labute approximate surface area is 199 Å². The van der Waals surface area contributed by atoms with Crippen LogP contribution in [0.3, 0.4) is 0 Å². The highest BCUT2D eigenvalue weighted by Gasteiger charge is 2.49. The Morgan fingerprint density at radius 2 is 1.61 bits per heavy atom. The Hall–Kier alpha value is -1.88. The summed E-state index contributed by atoms with van der Waals surface area (Å²) in [4.78, 5) is 2.67. The van der Waals surface area contributed by atoms with Gasteiger partial charge in [-0.3, -0.25) is 4.90 Å². The van der Waals surface area contributed by atoms with Crippen LogP contribution < -0.4 is 4.74 Å². The van der Waals surface area contributed by atoms with Gasteiger partial charge in [0.25, 0.3) is 0 Å². The van der Waals surface area contributed by atoms with Crippen LogP contribution in [0.5, 0.6) is 5.75 Å². The molecule has 0 atom stereocenters. The van der Waals surface area contributed by atoms with Gasteiger partial charge < -0.3 is 14.2 Å². The van der Waals surface area contributed by atoms with Crippen molar-refractivity contribution in [2.75, 3.05) is 26.8 Å². The zero-order valence-corrected chi connectivity index (χ0v) is 20.1. The first-order valence-corrected chi connectivity index (χ1v) is 12.9. The summed E-state index contributed by atoms with van der Waals surface area (Å²) in [7, 11) is 2.35. The summed E-state index contributed by atoms with van der Waals surface area (Å²) in [5, 5.41) is 0. The monoisotopic (exact) mass is 449 g/mol. The standard InChI is InChI=1S/C29H39NO3/c1-30(22-24-9-4-2-5-10-24)28(15-17-29(18-16-28)32-19-20-33-29)26-13-8-14-27(21-26)31-23-25-11-6-3-7-12-25/h3,6-8,11-14,21,24H,2,4-5,9-10,15-20,22-23H2,1H3. The Morgan fingerprint density at radius 3 is 2.33 bits per heavy atom. The first-order valence-electron chi connectivity index (χ1n) is 12.9. The van der Waals surface area contributed by atoms with Gasteiger partial charge in [0.2, 0.25) is 0 Å². The molecule has 0 radical (unpaired) electrons. The first kappa shape index (κ1) is 22.9. The van der Waals surface area contributed by atoms with Crippen LogP contribution in [0.1, 0.15) is 68.9 Å². The van der Waals surface area contributed by atoms with Crippen molar-refractivity contribution in [1.29, 1.82) is 0 Å². The maximum Gasteiger partial charge on any atom is 0.168 e. The number of rotatable bonds is 7. The minimum atomic E-state index is -0.351. The molecule has 0 aromatic heterocycles. The summed E-state index contributed by atoms with van der Waals surface area (Å²) in [6, 6.07) is 19.3. The van der Waals surface area contributed by atoms with E-state index in [1.807, 2.05) is 6.07 Å². The summed E-state index contributed by atoms with van der Waals surface area (Å²) in [5.74, 6) is 1.42. The van der Waals surface area contributed by atoms with E-state index in [9.17, 15) is 0 Å². The molecular weight excluding hydrogens is 410 g/mol. The molecule has 2 saturated carbocycles. The van der Waals surface area contributed by atoms with E-state index in [1.165, 1.54) is 49.8 Å². The molecule has 1 aliphatic heterocycles. The molecule has 178 valence electrons. The van der Waals surface area contributed by atoms with Gasteiger partial charge in [0, 0.05) is 24.9 Å².